The topological polar surface area (TPSA) is 106 Å². The Morgan fingerprint density at radius 1 is 1.50 bits per heavy atom. The first kappa shape index (κ1) is 14.3. The van der Waals surface area contributed by atoms with Gasteiger partial charge in [-0.25, -0.2) is 4.98 Å². The van der Waals surface area contributed by atoms with E-state index in [9.17, 15) is 14.9 Å². The molecule has 0 fully saturated rings. The molecule has 0 unspecified atom stereocenters. The maximum absolute atomic E-state index is 11.3. The molecule has 8 nitrogen and oxygen atoms in total. The predicted molar refractivity (Wildman–Crippen MR) is 81.5 cm³/mol. The number of carbonyl (C=O) groups excluding carboxylic acids is 1. The van der Waals surface area contributed by atoms with Crippen LogP contribution < -0.4 is 15.4 Å². The van der Waals surface area contributed by atoms with Crippen molar-refractivity contribution in [3.8, 4) is 5.75 Å². The van der Waals surface area contributed by atoms with E-state index in [0.717, 1.165) is 5.69 Å². The minimum absolute atomic E-state index is 0.0897. The number of nitrogens with zero attached hydrogens (tertiary/aromatic N) is 2. The minimum Gasteiger partial charge on any atom is -0.481 e. The summed E-state index contributed by atoms with van der Waals surface area (Å²) in [6, 6.07) is 2.84. The summed E-state index contributed by atoms with van der Waals surface area (Å²) in [6.45, 7) is 0.360. The Hall–Kier alpha value is -2.68. The number of benzene rings is 1. The molecule has 0 saturated heterocycles. The summed E-state index contributed by atoms with van der Waals surface area (Å²) in [5.74, 6) is 0.0196. The van der Waals surface area contributed by atoms with Gasteiger partial charge < -0.3 is 15.4 Å². The average molecular weight is 320 g/mol. The third kappa shape index (κ3) is 2.98. The number of anilines is 2. The van der Waals surface area contributed by atoms with Crippen LogP contribution in [0.5, 0.6) is 5.75 Å². The highest BCUT2D eigenvalue weighted by atomic mass is 32.1. The van der Waals surface area contributed by atoms with Crippen LogP contribution in [-0.2, 0) is 11.2 Å². The predicted octanol–water partition coefficient (Wildman–Crippen LogP) is 2.04. The van der Waals surface area contributed by atoms with Crippen LogP contribution in [-0.4, -0.2) is 29.0 Å². The van der Waals surface area contributed by atoms with Crippen molar-refractivity contribution in [3.63, 3.8) is 0 Å². The van der Waals surface area contributed by atoms with Crippen LogP contribution in [0.15, 0.2) is 23.0 Å². The molecule has 2 heterocycles. The zero-order chi connectivity index (χ0) is 15.5. The van der Waals surface area contributed by atoms with E-state index in [0.29, 0.717) is 30.1 Å². The van der Waals surface area contributed by atoms with Crippen LogP contribution in [0.1, 0.15) is 5.69 Å². The van der Waals surface area contributed by atoms with Gasteiger partial charge in [0, 0.05) is 18.3 Å². The highest BCUT2D eigenvalue weighted by Gasteiger charge is 2.23. The summed E-state index contributed by atoms with van der Waals surface area (Å²) < 4.78 is 5.19. The highest BCUT2D eigenvalue weighted by Crippen LogP contribution is 2.37. The SMILES string of the molecule is O=C1COc2cc([N+](=O)[O-])c(NCCc3cscn3)cc2N1. The van der Waals surface area contributed by atoms with Gasteiger partial charge in [0.1, 0.15) is 5.69 Å². The number of amides is 1. The van der Waals surface area contributed by atoms with Gasteiger partial charge >= 0.3 is 0 Å². The standard InChI is InChI=1S/C13H12N4O4S/c18-13-5-21-12-4-11(17(19)20)9(3-10(12)16-13)14-2-1-8-6-22-7-15-8/h3-4,6-7,14H,1-2,5H2,(H,16,18). The zero-order valence-electron chi connectivity index (χ0n) is 11.4. The fourth-order valence-electron chi connectivity index (χ4n) is 2.09. The molecule has 1 aromatic heterocycles. The minimum atomic E-state index is -0.481. The summed E-state index contributed by atoms with van der Waals surface area (Å²) in [5, 5.41) is 18.8. The second-order valence-electron chi connectivity index (χ2n) is 4.62. The molecule has 0 aliphatic carbocycles. The van der Waals surface area contributed by atoms with Gasteiger partial charge in [-0.05, 0) is 6.07 Å². The fourth-order valence-corrected chi connectivity index (χ4v) is 2.69. The van der Waals surface area contributed by atoms with E-state index in [4.69, 9.17) is 4.74 Å². The molecule has 9 heteroatoms. The van der Waals surface area contributed by atoms with Gasteiger partial charge in [0.2, 0.25) is 0 Å². The fraction of sp³-hybridized carbons (Fsp3) is 0.231. The number of hydrogen-bond acceptors (Lipinski definition) is 7. The second-order valence-corrected chi connectivity index (χ2v) is 5.33. The summed E-state index contributed by atoms with van der Waals surface area (Å²) in [5.41, 5.74) is 3.34. The Balaban J connectivity index is 1.80. The van der Waals surface area contributed by atoms with E-state index in [1.807, 2.05) is 5.38 Å². The summed E-state index contributed by atoms with van der Waals surface area (Å²) >= 11 is 1.50. The lowest BCUT2D eigenvalue weighted by molar-refractivity contribution is -0.384. The van der Waals surface area contributed by atoms with Gasteiger partial charge in [-0.15, -0.1) is 11.3 Å². The number of carbonyl (C=O) groups is 1. The van der Waals surface area contributed by atoms with Crippen LogP contribution in [0, 0.1) is 10.1 Å². The first-order valence-corrected chi connectivity index (χ1v) is 7.44. The van der Waals surface area contributed by atoms with Crippen molar-refractivity contribution in [2.45, 2.75) is 6.42 Å². The van der Waals surface area contributed by atoms with Gasteiger partial charge in [-0.1, -0.05) is 0 Å². The Kier molecular flexibility index (Phi) is 3.88. The van der Waals surface area contributed by atoms with E-state index in [2.05, 4.69) is 15.6 Å². The van der Waals surface area contributed by atoms with Crippen molar-refractivity contribution in [2.24, 2.45) is 0 Å². The monoisotopic (exact) mass is 320 g/mol. The molecule has 1 amide bonds. The molecular weight excluding hydrogens is 308 g/mol. The van der Waals surface area contributed by atoms with E-state index in [1.165, 1.54) is 23.5 Å². The van der Waals surface area contributed by atoms with E-state index >= 15 is 0 Å². The second kappa shape index (κ2) is 5.98. The quantitative estimate of drug-likeness (QED) is 0.645. The molecule has 2 N–H and O–H groups in total. The van der Waals surface area contributed by atoms with Crippen molar-refractivity contribution in [2.75, 3.05) is 23.8 Å². The maximum atomic E-state index is 11.3. The maximum Gasteiger partial charge on any atom is 0.296 e. The molecular formula is C13H12N4O4S. The number of nitro groups is 1. The third-order valence-electron chi connectivity index (χ3n) is 3.11. The largest absolute Gasteiger partial charge is 0.481 e. The lowest BCUT2D eigenvalue weighted by atomic mass is 10.2. The van der Waals surface area contributed by atoms with Crippen LogP contribution in [0.2, 0.25) is 0 Å². The number of hydrogen-bond donors (Lipinski definition) is 2. The average Bonchev–Trinajstić information content (AvgIpc) is 2.99. The molecule has 22 heavy (non-hydrogen) atoms. The molecule has 0 spiro atoms. The Morgan fingerprint density at radius 3 is 3.09 bits per heavy atom. The van der Waals surface area contributed by atoms with Gasteiger partial charge in [0.25, 0.3) is 11.6 Å². The summed E-state index contributed by atoms with van der Waals surface area (Å²) in [7, 11) is 0. The lowest BCUT2D eigenvalue weighted by Crippen LogP contribution is -2.25. The number of thiazole rings is 1. The molecule has 3 rings (SSSR count). The van der Waals surface area contributed by atoms with Gasteiger partial charge in [0.15, 0.2) is 12.4 Å². The highest BCUT2D eigenvalue weighted by molar-refractivity contribution is 7.07. The normalized spacial score (nSPS) is 13.0. The first-order valence-electron chi connectivity index (χ1n) is 6.49. The van der Waals surface area contributed by atoms with Gasteiger partial charge in [0.05, 0.1) is 27.9 Å². The first-order chi connectivity index (χ1) is 10.6. The smallest absolute Gasteiger partial charge is 0.296 e. The van der Waals surface area contributed by atoms with Crippen molar-refractivity contribution in [1.29, 1.82) is 0 Å². The van der Waals surface area contributed by atoms with E-state index in [1.54, 1.807) is 5.51 Å². The van der Waals surface area contributed by atoms with Crippen molar-refractivity contribution in [1.82, 2.24) is 4.98 Å². The number of nitrogens with one attached hydrogen (secondary N) is 2. The van der Waals surface area contributed by atoms with Gasteiger partial charge in [-0.2, -0.15) is 0 Å². The van der Waals surface area contributed by atoms with Gasteiger partial charge in [-0.3, -0.25) is 14.9 Å². The van der Waals surface area contributed by atoms with E-state index in [-0.39, 0.29) is 18.2 Å². The molecule has 1 aromatic carbocycles. The zero-order valence-corrected chi connectivity index (χ0v) is 12.2. The molecule has 0 atom stereocenters. The molecule has 2 aromatic rings. The van der Waals surface area contributed by atoms with Crippen molar-refractivity contribution < 1.29 is 14.5 Å². The molecule has 1 aliphatic heterocycles. The molecule has 0 radical (unpaired) electrons. The van der Waals surface area contributed by atoms with Crippen molar-refractivity contribution >= 4 is 34.3 Å². The van der Waals surface area contributed by atoms with E-state index < -0.39 is 4.92 Å². The Morgan fingerprint density at radius 2 is 2.36 bits per heavy atom. The number of nitro benzene ring substituents is 1. The summed E-state index contributed by atoms with van der Waals surface area (Å²) in [6.07, 6.45) is 0.653. The van der Waals surface area contributed by atoms with Crippen LogP contribution in [0.4, 0.5) is 17.1 Å². The molecule has 114 valence electrons. The summed E-state index contributed by atoms with van der Waals surface area (Å²) in [4.78, 5) is 26.2. The van der Waals surface area contributed by atoms with Crippen LogP contribution >= 0.6 is 11.3 Å². The molecule has 0 bridgehead atoms. The number of rotatable bonds is 5. The molecule has 0 saturated carbocycles. The molecule has 1 aliphatic rings. The number of ether oxygens (including phenoxy) is 1. The third-order valence-corrected chi connectivity index (χ3v) is 3.74. The van der Waals surface area contributed by atoms with Crippen molar-refractivity contribution in [3.05, 3.63) is 38.8 Å². The Labute approximate surface area is 129 Å². The lowest BCUT2D eigenvalue weighted by Gasteiger charge is -2.19. The van der Waals surface area contributed by atoms with Crippen LogP contribution in [0.3, 0.4) is 0 Å². The number of aromatic nitrogens is 1. The van der Waals surface area contributed by atoms with Crippen LogP contribution in [0.25, 0.3) is 0 Å². The Bertz CT molecular complexity index is 717. The number of fused-ring (bicyclic) bond motifs is 1.